The zero-order valence-electron chi connectivity index (χ0n) is 7.05. The second-order valence-electron chi connectivity index (χ2n) is 2.48. The van der Waals surface area contributed by atoms with Gasteiger partial charge in [-0.1, -0.05) is 18.2 Å². The van der Waals surface area contributed by atoms with Gasteiger partial charge in [0.1, 0.15) is 5.75 Å². The van der Waals surface area contributed by atoms with Gasteiger partial charge in [0.05, 0.1) is 0 Å². The molecule has 0 saturated carbocycles. The maximum Gasteiger partial charge on any atom is 0.391 e. The molecule has 0 bridgehead atoms. The van der Waals surface area contributed by atoms with Gasteiger partial charge >= 0.3 is 8.60 Å². The lowest BCUT2D eigenvalue weighted by atomic mass is 10.1. The van der Waals surface area contributed by atoms with E-state index < -0.39 is 8.60 Å². The van der Waals surface area contributed by atoms with E-state index in [4.69, 9.17) is 14.3 Å². The van der Waals surface area contributed by atoms with Crippen molar-refractivity contribution in [2.45, 2.75) is 6.42 Å². The SMILES string of the molecule is C=CCc1ccc(OP(O)O)cc1. The molecule has 3 nitrogen and oxygen atoms in total. The van der Waals surface area contributed by atoms with Crippen LogP contribution in [-0.4, -0.2) is 9.79 Å². The van der Waals surface area contributed by atoms with E-state index in [1.165, 1.54) is 0 Å². The van der Waals surface area contributed by atoms with Crippen molar-refractivity contribution in [3.05, 3.63) is 42.5 Å². The number of hydrogen-bond acceptors (Lipinski definition) is 3. The fourth-order valence-electron chi connectivity index (χ4n) is 0.947. The molecule has 0 aromatic heterocycles. The average Bonchev–Trinajstić information content (AvgIpc) is 2.08. The van der Waals surface area contributed by atoms with Crippen molar-refractivity contribution in [2.24, 2.45) is 0 Å². The fraction of sp³-hybridized carbons (Fsp3) is 0.111. The Bertz CT molecular complexity index is 269. The van der Waals surface area contributed by atoms with Crippen LogP contribution in [0, 0.1) is 0 Å². The quantitative estimate of drug-likeness (QED) is 0.574. The summed E-state index contributed by atoms with van der Waals surface area (Å²) < 4.78 is 4.70. The van der Waals surface area contributed by atoms with Gasteiger partial charge in [-0.05, 0) is 24.1 Å². The standard InChI is InChI=1S/C9H11O3P/c1-2-3-8-4-6-9(7-5-8)12-13(10)11/h2,4-7,10-11H,1,3H2. The van der Waals surface area contributed by atoms with Crippen molar-refractivity contribution in [2.75, 3.05) is 0 Å². The van der Waals surface area contributed by atoms with Gasteiger partial charge < -0.3 is 14.3 Å². The van der Waals surface area contributed by atoms with Crippen LogP contribution in [0.5, 0.6) is 5.75 Å². The first kappa shape index (κ1) is 10.2. The van der Waals surface area contributed by atoms with Gasteiger partial charge in [-0.25, -0.2) is 0 Å². The molecule has 0 amide bonds. The van der Waals surface area contributed by atoms with Gasteiger partial charge in [-0.3, -0.25) is 0 Å². The van der Waals surface area contributed by atoms with Crippen molar-refractivity contribution < 1.29 is 14.3 Å². The highest BCUT2D eigenvalue weighted by Crippen LogP contribution is 2.28. The number of benzene rings is 1. The van der Waals surface area contributed by atoms with E-state index in [9.17, 15) is 0 Å². The summed E-state index contributed by atoms with van der Waals surface area (Å²) in [6.07, 6.45) is 2.61. The normalized spacial score (nSPS) is 10.1. The number of hydrogen-bond donors (Lipinski definition) is 2. The highest BCUT2D eigenvalue weighted by atomic mass is 31.2. The lowest BCUT2D eigenvalue weighted by Crippen LogP contribution is -1.86. The van der Waals surface area contributed by atoms with Crippen LogP contribution in [-0.2, 0) is 6.42 Å². The van der Waals surface area contributed by atoms with Crippen LogP contribution in [0.3, 0.4) is 0 Å². The van der Waals surface area contributed by atoms with Gasteiger partial charge in [0.2, 0.25) is 0 Å². The monoisotopic (exact) mass is 198 g/mol. The molecule has 0 saturated heterocycles. The lowest BCUT2D eigenvalue weighted by Gasteiger charge is -2.05. The third-order valence-electron chi connectivity index (χ3n) is 1.49. The zero-order valence-corrected chi connectivity index (χ0v) is 7.95. The summed E-state index contributed by atoms with van der Waals surface area (Å²) in [5, 5.41) is 0. The molecule has 1 aromatic rings. The highest BCUT2D eigenvalue weighted by molar-refractivity contribution is 7.39. The van der Waals surface area contributed by atoms with E-state index in [0.717, 1.165) is 12.0 Å². The molecule has 0 spiro atoms. The Morgan fingerprint density at radius 1 is 1.31 bits per heavy atom. The summed E-state index contributed by atoms with van der Waals surface area (Å²) >= 11 is 0. The molecule has 70 valence electrons. The van der Waals surface area contributed by atoms with E-state index >= 15 is 0 Å². The van der Waals surface area contributed by atoms with Crippen LogP contribution in [0.4, 0.5) is 0 Å². The summed E-state index contributed by atoms with van der Waals surface area (Å²) in [5.74, 6) is 0.462. The molecule has 0 aliphatic rings. The number of allylic oxidation sites excluding steroid dienone is 1. The van der Waals surface area contributed by atoms with Crippen LogP contribution in [0.2, 0.25) is 0 Å². The minimum atomic E-state index is -2.31. The Morgan fingerprint density at radius 3 is 2.38 bits per heavy atom. The highest BCUT2D eigenvalue weighted by Gasteiger charge is 2.01. The summed E-state index contributed by atoms with van der Waals surface area (Å²) in [5.41, 5.74) is 1.11. The predicted octanol–water partition coefficient (Wildman–Crippen LogP) is 2.01. The van der Waals surface area contributed by atoms with Crippen molar-refractivity contribution in [1.82, 2.24) is 0 Å². The molecule has 0 radical (unpaired) electrons. The molecule has 4 heteroatoms. The van der Waals surface area contributed by atoms with Gasteiger partial charge in [-0.15, -0.1) is 6.58 Å². The molecule has 0 atom stereocenters. The zero-order chi connectivity index (χ0) is 9.68. The largest absolute Gasteiger partial charge is 0.427 e. The Labute approximate surface area is 78.3 Å². The van der Waals surface area contributed by atoms with Crippen molar-refractivity contribution in [3.8, 4) is 5.75 Å². The Morgan fingerprint density at radius 2 is 1.92 bits per heavy atom. The molecular weight excluding hydrogens is 187 g/mol. The van der Waals surface area contributed by atoms with Crippen LogP contribution < -0.4 is 4.52 Å². The van der Waals surface area contributed by atoms with Crippen LogP contribution >= 0.6 is 8.60 Å². The molecule has 2 N–H and O–H groups in total. The minimum Gasteiger partial charge on any atom is -0.427 e. The van der Waals surface area contributed by atoms with Crippen molar-refractivity contribution >= 4 is 8.60 Å². The molecule has 13 heavy (non-hydrogen) atoms. The molecule has 0 heterocycles. The molecule has 0 aliphatic carbocycles. The summed E-state index contributed by atoms with van der Waals surface area (Å²) in [4.78, 5) is 17.1. The smallest absolute Gasteiger partial charge is 0.391 e. The third-order valence-corrected chi connectivity index (χ3v) is 1.86. The predicted molar refractivity (Wildman–Crippen MR) is 52.3 cm³/mol. The Hall–Kier alpha value is -0.890. The van der Waals surface area contributed by atoms with E-state index in [1.807, 2.05) is 12.1 Å². The molecule has 0 fully saturated rings. The Kier molecular flexibility index (Phi) is 3.90. The molecule has 1 aromatic carbocycles. The van der Waals surface area contributed by atoms with E-state index in [-0.39, 0.29) is 0 Å². The minimum absolute atomic E-state index is 0.462. The fourth-order valence-corrected chi connectivity index (χ4v) is 1.26. The van der Waals surface area contributed by atoms with Crippen molar-refractivity contribution in [1.29, 1.82) is 0 Å². The Balaban J connectivity index is 2.63. The molecule has 0 aliphatic heterocycles. The molecule has 1 rings (SSSR count). The summed E-state index contributed by atoms with van der Waals surface area (Å²) in [6.45, 7) is 3.62. The average molecular weight is 198 g/mol. The third kappa shape index (κ3) is 3.55. The summed E-state index contributed by atoms with van der Waals surface area (Å²) in [6, 6.07) is 7.10. The van der Waals surface area contributed by atoms with Gasteiger partial charge in [0.25, 0.3) is 0 Å². The van der Waals surface area contributed by atoms with E-state index in [0.29, 0.717) is 5.75 Å². The number of rotatable bonds is 4. The lowest BCUT2D eigenvalue weighted by molar-refractivity contribution is 0.375. The molecule has 0 unspecified atom stereocenters. The van der Waals surface area contributed by atoms with Gasteiger partial charge in [0, 0.05) is 0 Å². The van der Waals surface area contributed by atoms with Gasteiger partial charge in [0.15, 0.2) is 0 Å². The topological polar surface area (TPSA) is 49.7 Å². The van der Waals surface area contributed by atoms with E-state index in [2.05, 4.69) is 6.58 Å². The first-order chi connectivity index (χ1) is 6.22. The maximum atomic E-state index is 8.56. The van der Waals surface area contributed by atoms with Gasteiger partial charge in [-0.2, -0.15) is 0 Å². The molecular formula is C9H11O3P. The van der Waals surface area contributed by atoms with Crippen LogP contribution in [0.25, 0.3) is 0 Å². The maximum absolute atomic E-state index is 8.56. The van der Waals surface area contributed by atoms with E-state index in [1.54, 1.807) is 18.2 Å². The second-order valence-corrected chi connectivity index (χ2v) is 3.17. The van der Waals surface area contributed by atoms with Crippen molar-refractivity contribution in [3.63, 3.8) is 0 Å². The van der Waals surface area contributed by atoms with Crippen LogP contribution in [0.15, 0.2) is 36.9 Å². The first-order valence-corrected chi connectivity index (χ1v) is 4.94. The van der Waals surface area contributed by atoms with Crippen LogP contribution in [0.1, 0.15) is 5.56 Å². The second kappa shape index (κ2) is 4.97. The summed E-state index contributed by atoms with van der Waals surface area (Å²) in [7, 11) is -2.31. The first-order valence-electron chi connectivity index (χ1n) is 3.78.